The van der Waals surface area contributed by atoms with E-state index < -0.39 is 27.9 Å². The van der Waals surface area contributed by atoms with Crippen LogP contribution in [0.1, 0.15) is 23.5 Å². The molecule has 0 aliphatic heterocycles. The SMILES string of the molecule is Cc1cc(C)nc(-n2nc(C(F)F)c([N+](=O)[O-])c2Cl)n1. The third-order valence-electron chi connectivity index (χ3n) is 2.38. The first kappa shape index (κ1) is 14.3. The number of aromatic nitrogens is 4. The van der Waals surface area contributed by atoms with Crippen molar-refractivity contribution in [2.75, 3.05) is 0 Å². The van der Waals surface area contributed by atoms with Gasteiger partial charge >= 0.3 is 5.69 Å². The van der Waals surface area contributed by atoms with Gasteiger partial charge in [0.1, 0.15) is 0 Å². The van der Waals surface area contributed by atoms with Crippen molar-refractivity contribution >= 4 is 17.3 Å². The van der Waals surface area contributed by atoms with E-state index in [-0.39, 0.29) is 5.95 Å². The summed E-state index contributed by atoms with van der Waals surface area (Å²) in [6, 6.07) is 1.66. The van der Waals surface area contributed by atoms with Gasteiger partial charge in [-0.1, -0.05) is 11.6 Å². The van der Waals surface area contributed by atoms with Crippen LogP contribution in [0.5, 0.6) is 0 Å². The molecule has 2 rings (SSSR count). The number of rotatable bonds is 3. The maximum atomic E-state index is 12.8. The lowest BCUT2D eigenvalue weighted by atomic mass is 10.4. The Hall–Kier alpha value is -2.16. The van der Waals surface area contributed by atoms with Gasteiger partial charge in [0, 0.05) is 11.4 Å². The van der Waals surface area contributed by atoms with Gasteiger partial charge in [0.25, 0.3) is 12.4 Å². The molecule has 10 heteroatoms. The summed E-state index contributed by atoms with van der Waals surface area (Å²) in [4.78, 5) is 17.8. The van der Waals surface area contributed by atoms with E-state index in [4.69, 9.17) is 11.6 Å². The van der Waals surface area contributed by atoms with Crippen LogP contribution in [0, 0.1) is 24.0 Å². The molecule has 2 aromatic rings. The van der Waals surface area contributed by atoms with E-state index in [1.807, 2.05) is 0 Å². The second-order valence-corrected chi connectivity index (χ2v) is 4.30. The fraction of sp³-hybridized carbons (Fsp3) is 0.300. The maximum absolute atomic E-state index is 12.8. The summed E-state index contributed by atoms with van der Waals surface area (Å²) in [6.07, 6.45) is -3.12. The van der Waals surface area contributed by atoms with Crippen LogP contribution in [0.15, 0.2) is 6.07 Å². The zero-order valence-electron chi connectivity index (χ0n) is 10.3. The minimum atomic E-state index is -3.12. The van der Waals surface area contributed by atoms with Crippen LogP contribution >= 0.6 is 11.6 Å². The third kappa shape index (κ3) is 2.44. The first-order valence-corrected chi connectivity index (χ1v) is 5.72. The molecule has 0 aliphatic rings. The topological polar surface area (TPSA) is 86.7 Å². The van der Waals surface area contributed by atoms with E-state index in [2.05, 4.69) is 15.1 Å². The average molecular weight is 304 g/mol. The van der Waals surface area contributed by atoms with Crippen LogP contribution in [0.25, 0.3) is 5.95 Å². The quantitative estimate of drug-likeness (QED) is 0.642. The van der Waals surface area contributed by atoms with Crippen molar-refractivity contribution in [2.24, 2.45) is 0 Å². The van der Waals surface area contributed by atoms with Crippen molar-refractivity contribution in [1.82, 2.24) is 19.7 Å². The Kier molecular flexibility index (Phi) is 3.62. The van der Waals surface area contributed by atoms with Gasteiger partial charge in [0.2, 0.25) is 10.8 Å². The molecule has 2 aromatic heterocycles. The molecule has 0 aromatic carbocycles. The third-order valence-corrected chi connectivity index (χ3v) is 2.72. The Morgan fingerprint density at radius 1 is 1.35 bits per heavy atom. The number of alkyl halides is 2. The molecule has 0 bridgehead atoms. The van der Waals surface area contributed by atoms with Gasteiger partial charge in [0.05, 0.1) is 4.92 Å². The van der Waals surface area contributed by atoms with Crippen molar-refractivity contribution < 1.29 is 13.7 Å². The van der Waals surface area contributed by atoms with E-state index >= 15 is 0 Å². The van der Waals surface area contributed by atoms with Gasteiger partial charge < -0.3 is 0 Å². The largest absolute Gasteiger partial charge is 0.335 e. The van der Waals surface area contributed by atoms with Gasteiger partial charge in [-0.05, 0) is 19.9 Å². The molecule has 2 heterocycles. The summed E-state index contributed by atoms with van der Waals surface area (Å²) in [7, 11) is 0. The molecular formula is C10H8ClF2N5O2. The fourth-order valence-electron chi connectivity index (χ4n) is 1.66. The highest BCUT2D eigenvalue weighted by Crippen LogP contribution is 2.35. The number of halogens is 3. The monoisotopic (exact) mass is 303 g/mol. The standard InChI is InChI=1S/C10H8ClF2N5O2/c1-4-3-5(2)15-10(14-4)17-8(11)7(18(19)20)6(16-17)9(12)13/h3,9H,1-2H3. The summed E-state index contributed by atoms with van der Waals surface area (Å²) in [6.45, 7) is 3.33. The van der Waals surface area contributed by atoms with Crippen LogP contribution in [-0.4, -0.2) is 24.7 Å². The van der Waals surface area contributed by atoms with Crippen LogP contribution in [0.3, 0.4) is 0 Å². The van der Waals surface area contributed by atoms with Crippen LogP contribution < -0.4 is 0 Å². The first-order chi connectivity index (χ1) is 9.31. The number of hydrogen-bond donors (Lipinski definition) is 0. The minimum Gasteiger partial charge on any atom is -0.258 e. The summed E-state index contributed by atoms with van der Waals surface area (Å²) >= 11 is 5.75. The van der Waals surface area contributed by atoms with Gasteiger partial charge in [0.15, 0.2) is 0 Å². The molecule has 0 fully saturated rings. The molecule has 0 aliphatic carbocycles. The predicted octanol–water partition coefficient (Wildman–Crippen LogP) is 2.78. The number of aryl methyl sites for hydroxylation is 2. The number of nitro groups is 1. The number of hydrogen-bond acceptors (Lipinski definition) is 5. The van der Waals surface area contributed by atoms with Crippen molar-refractivity contribution in [3.8, 4) is 5.95 Å². The van der Waals surface area contributed by atoms with Crippen LogP contribution in [0.4, 0.5) is 14.5 Å². The van der Waals surface area contributed by atoms with Crippen molar-refractivity contribution in [3.63, 3.8) is 0 Å². The average Bonchev–Trinajstić information content (AvgIpc) is 2.65. The highest BCUT2D eigenvalue weighted by atomic mass is 35.5. The number of nitrogens with zero attached hydrogens (tertiary/aromatic N) is 5. The van der Waals surface area contributed by atoms with Crippen LogP contribution in [0.2, 0.25) is 5.15 Å². The van der Waals surface area contributed by atoms with Crippen molar-refractivity contribution in [3.05, 3.63) is 38.4 Å². The summed E-state index contributed by atoms with van der Waals surface area (Å²) in [5, 5.41) is 13.7. The molecule has 0 unspecified atom stereocenters. The zero-order valence-corrected chi connectivity index (χ0v) is 11.1. The summed E-state index contributed by atoms with van der Waals surface area (Å²) in [5.41, 5.74) is -0.840. The molecule has 0 saturated heterocycles. The van der Waals surface area contributed by atoms with Crippen molar-refractivity contribution in [2.45, 2.75) is 20.3 Å². The highest BCUT2D eigenvalue weighted by Gasteiger charge is 2.33. The molecule has 20 heavy (non-hydrogen) atoms. The molecule has 0 radical (unpaired) electrons. The summed E-state index contributed by atoms with van der Waals surface area (Å²) in [5.74, 6) is -0.0949. The Bertz CT molecular complexity index is 668. The summed E-state index contributed by atoms with van der Waals surface area (Å²) < 4.78 is 26.3. The molecule has 106 valence electrons. The lowest BCUT2D eigenvalue weighted by Crippen LogP contribution is -2.06. The Morgan fingerprint density at radius 3 is 2.30 bits per heavy atom. The Balaban J connectivity index is 2.69. The van der Waals surface area contributed by atoms with Crippen LogP contribution in [-0.2, 0) is 0 Å². The van der Waals surface area contributed by atoms with Gasteiger partial charge in [-0.2, -0.15) is 9.78 Å². The lowest BCUT2D eigenvalue weighted by molar-refractivity contribution is -0.386. The molecule has 7 nitrogen and oxygen atoms in total. The van der Waals surface area contributed by atoms with Crippen molar-refractivity contribution in [1.29, 1.82) is 0 Å². The molecule has 0 N–H and O–H groups in total. The maximum Gasteiger partial charge on any atom is 0.335 e. The smallest absolute Gasteiger partial charge is 0.258 e. The second kappa shape index (κ2) is 5.08. The van der Waals surface area contributed by atoms with Gasteiger partial charge in [-0.15, -0.1) is 0 Å². The fourth-order valence-corrected chi connectivity index (χ4v) is 1.93. The molecule has 0 saturated carbocycles. The van der Waals surface area contributed by atoms with Gasteiger partial charge in [-0.25, -0.2) is 18.7 Å². The Labute approximate surface area is 116 Å². The molecular weight excluding hydrogens is 296 g/mol. The molecule has 0 spiro atoms. The normalized spacial score (nSPS) is 11.1. The second-order valence-electron chi connectivity index (χ2n) is 3.94. The van der Waals surface area contributed by atoms with E-state index in [9.17, 15) is 18.9 Å². The zero-order chi connectivity index (χ0) is 15.0. The predicted molar refractivity (Wildman–Crippen MR) is 65.2 cm³/mol. The van der Waals surface area contributed by atoms with E-state index in [1.165, 1.54) is 0 Å². The van der Waals surface area contributed by atoms with E-state index in [0.717, 1.165) is 4.68 Å². The van der Waals surface area contributed by atoms with E-state index in [1.54, 1.807) is 19.9 Å². The molecule has 0 amide bonds. The Morgan fingerprint density at radius 2 is 1.90 bits per heavy atom. The van der Waals surface area contributed by atoms with Gasteiger partial charge in [-0.3, -0.25) is 10.1 Å². The lowest BCUT2D eigenvalue weighted by Gasteiger charge is -2.02. The molecule has 0 atom stereocenters. The first-order valence-electron chi connectivity index (χ1n) is 5.35. The highest BCUT2D eigenvalue weighted by molar-refractivity contribution is 6.32. The van der Waals surface area contributed by atoms with E-state index in [0.29, 0.717) is 11.4 Å². The minimum absolute atomic E-state index is 0.0949.